The maximum absolute atomic E-state index is 13.3. The van der Waals surface area contributed by atoms with Crippen LogP contribution in [0.5, 0.6) is 0 Å². The predicted octanol–water partition coefficient (Wildman–Crippen LogP) is 2.25. The SMILES string of the molecule is CN1CCN(CCNc2ccc(Br)c(F)c2)CC1. The van der Waals surface area contributed by atoms with Gasteiger partial charge in [-0.15, -0.1) is 0 Å². The van der Waals surface area contributed by atoms with E-state index in [4.69, 9.17) is 0 Å². The third kappa shape index (κ3) is 3.93. The number of hydrogen-bond acceptors (Lipinski definition) is 3. The van der Waals surface area contributed by atoms with Crippen LogP contribution in [0, 0.1) is 5.82 Å². The van der Waals surface area contributed by atoms with Gasteiger partial charge < -0.3 is 10.2 Å². The molecule has 1 fully saturated rings. The molecule has 5 heteroatoms. The summed E-state index contributed by atoms with van der Waals surface area (Å²) in [5, 5.41) is 3.26. The van der Waals surface area contributed by atoms with E-state index in [1.807, 2.05) is 6.07 Å². The van der Waals surface area contributed by atoms with E-state index in [0.717, 1.165) is 45.0 Å². The van der Waals surface area contributed by atoms with Crippen molar-refractivity contribution < 1.29 is 4.39 Å². The van der Waals surface area contributed by atoms with E-state index in [0.29, 0.717) is 4.47 Å². The third-order valence-electron chi connectivity index (χ3n) is 3.27. The van der Waals surface area contributed by atoms with Crippen molar-refractivity contribution in [2.75, 3.05) is 51.6 Å². The van der Waals surface area contributed by atoms with E-state index in [-0.39, 0.29) is 5.82 Å². The van der Waals surface area contributed by atoms with E-state index in [2.05, 4.69) is 38.1 Å². The van der Waals surface area contributed by atoms with Gasteiger partial charge in [0.15, 0.2) is 0 Å². The number of hydrogen-bond donors (Lipinski definition) is 1. The Labute approximate surface area is 116 Å². The van der Waals surface area contributed by atoms with Gasteiger partial charge in [-0.25, -0.2) is 4.39 Å². The third-order valence-corrected chi connectivity index (χ3v) is 3.92. The zero-order valence-electron chi connectivity index (χ0n) is 10.6. The van der Waals surface area contributed by atoms with Crippen LogP contribution >= 0.6 is 15.9 Å². The van der Waals surface area contributed by atoms with Crippen molar-refractivity contribution in [2.24, 2.45) is 0 Å². The van der Waals surface area contributed by atoms with Gasteiger partial charge >= 0.3 is 0 Å². The summed E-state index contributed by atoms with van der Waals surface area (Å²) in [6.45, 7) is 6.36. The highest BCUT2D eigenvalue weighted by molar-refractivity contribution is 9.10. The first-order chi connectivity index (χ1) is 8.65. The summed E-state index contributed by atoms with van der Waals surface area (Å²) in [4.78, 5) is 4.77. The highest BCUT2D eigenvalue weighted by Crippen LogP contribution is 2.19. The monoisotopic (exact) mass is 315 g/mol. The first-order valence-corrected chi connectivity index (χ1v) is 7.04. The summed E-state index contributed by atoms with van der Waals surface area (Å²) < 4.78 is 13.8. The Bertz CT molecular complexity index is 392. The van der Waals surface area contributed by atoms with Crippen molar-refractivity contribution in [1.82, 2.24) is 9.80 Å². The van der Waals surface area contributed by atoms with Crippen molar-refractivity contribution in [3.8, 4) is 0 Å². The fourth-order valence-corrected chi connectivity index (χ4v) is 2.28. The van der Waals surface area contributed by atoms with Gasteiger partial charge in [-0.05, 0) is 41.2 Å². The molecule has 1 heterocycles. The number of piperazine rings is 1. The van der Waals surface area contributed by atoms with Crippen LogP contribution in [-0.4, -0.2) is 56.1 Å². The molecule has 1 aromatic rings. The molecule has 2 rings (SSSR count). The van der Waals surface area contributed by atoms with Gasteiger partial charge in [0.25, 0.3) is 0 Å². The molecule has 0 aliphatic carbocycles. The van der Waals surface area contributed by atoms with Crippen molar-refractivity contribution >= 4 is 21.6 Å². The lowest BCUT2D eigenvalue weighted by atomic mass is 10.3. The van der Waals surface area contributed by atoms with Gasteiger partial charge in [0, 0.05) is 45.0 Å². The molecule has 0 spiro atoms. The van der Waals surface area contributed by atoms with Crippen LogP contribution in [0.4, 0.5) is 10.1 Å². The molecule has 0 amide bonds. The van der Waals surface area contributed by atoms with Crippen molar-refractivity contribution in [1.29, 1.82) is 0 Å². The van der Waals surface area contributed by atoms with Gasteiger partial charge in [-0.2, -0.15) is 0 Å². The molecule has 1 N–H and O–H groups in total. The van der Waals surface area contributed by atoms with Crippen LogP contribution < -0.4 is 5.32 Å². The van der Waals surface area contributed by atoms with Gasteiger partial charge in [0.1, 0.15) is 5.82 Å². The molecule has 100 valence electrons. The molecule has 3 nitrogen and oxygen atoms in total. The Morgan fingerprint density at radius 2 is 2.00 bits per heavy atom. The minimum absolute atomic E-state index is 0.223. The Hall–Kier alpha value is -0.650. The topological polar surface area (TPSA) is 18.5 Å². The predicted molar refractivity (Wildman–Crippen MR) is 76.5 cm³/mol. The zero-order chi connectivity index (χ0) is 13.0. The highest BCUT2D eigenvalue weighted by atomic mass is 79.9. The summed E-state index contributed by atoms with van der Waals surface area (Å²) in [7, 11) is 2.15. The summed E-state index contributed by atoms with van der Waals surface area (Å²) in [5.41, 5.74) is 0.838. The summed E-state index contributed by atoms with van der Waals surface area (Å²) in [6, 6.07) is 5.14. The van der Waals surface area contributed by atoms with Gasteiger partial charge in [-0.1, -0.05) is 0 Å². The van der Waals surface area contributed by atoms with E-state index >= 15 is 0 Å². The number of likely N-dealkylation sites (N-methyl/N-ethyl adjacent to an activating group) is 1. The molecule has 18 heavy (non-hydrogen) atoms. The van der Waals surface area contributed by atoms with Crippen LogP contribution in [0.15, 0.2) is 22.7 Å². The fraction of sp³-hybridized carbons (Fsp3) is 0.538. The Balaban J connectivity index is 1.73. The smallest absolute Gasteiger partial charge is 0.139 e. The van der Waals surface area contributed by atoms with Crippen molar-refractivity contribution in [3.63, 3.8) is 0 Å². The largest absolute Gasteiger partial charge is 0.384 e. The highest BCUT2D eigenvalue weighted by Gasteiger charge is 2.12. The molecule has 1 aliphatic rings. The lowest BCUT2D eigenvalue weighted by Gasteiger charge is -2.32. The Morgan fingerprint density at radius 3 is 2.67 bits per heavy atom. The Morgan fingerprint density at radius 1 is 1.28 bits per heavy atom. The summed E-state index contributed by atoms with van der Waals surface area (Å²) in [6.07, 6.45) is 0. The maximum atomic E-state index is 13.3. The summed E-state index contributed by atoms with van der Waals surface area (Å²) in [5.74, 6) is -0.223. The second kappa shape index (κ2) is 6.50. The van der Waals surface area contributed by atoms with Crippen LogP contribution in [0.1, 0.15) is 0 Å². The quantitative estimate of drug-likeness (QED) is 0.919. The first kappa shape index (κ1) is 13.8. The second-order valence-corrected chi connectivity index (χ2v) is 5.55. The number of anilines is 1. The minimum atomic E-state index is -0.223. The van der Waals surface area contributed by atoms with Crippen molar-refractivity contribution in [3.05, 3.63) is 28.5 Å². The molecular weight excluding hydrogens is 297 g/mol. The first-order valence-electron chi connectivity index (χ1n) is 6.25. The number of nitrogens with zero attached hydrogens (tertiary/aromatic N) is 2. The lowest BCUT2D eigenvalue weighted by Crippen LogP contribution is -2.45. The Kier molecular flexibility index (Phi) is 4.97. The van der Waals surface area contributed by atoms with E-state index < -0.39 is 0 Å². The number of nitrogens with one attached hydrogen (secondary N) is 1. The number of rotatable bonds is 4. The molecule has 0 radical (unpaired) electrons. The van der Waals surface area contributed by atoms with Gasteiger partial charge in [-0.3, -0.25) is 4.90 Å². The molecule has 0 saturated carbocycles. The normalized spacial score (nSPS) is 17.9. The molecule has 1 aromatic carbocycles. The van der Waals surface area contributed by atoms with Crippen LogP contribution in [0.2, 0.25) is 0 Å². The van der Waals surface area contributed by atoms with Gasteiger partial charge in [0.05, 0.1) is 4.47 Å². The number of halogens is 2. The molecule has 0 bridgehead atoms. The lowest BCUT2D eigenvalue weighted by molar-refractivity contribution is 0.158. The average molecular weight is 316 g/mol. The van der Waals surface area contributed by atoms with Crippen LogP contribution in [0.25, 0.3) is 0 Å². The molecule has 1 saturated heterocycles. The zero-order valence-corrected chi connectivity index (χ0v) is 12.2. The standard InChI is InChI=1S/C13H19BrFN3/c1-17-6-8-18(9-7-17)5-4-16-11-2-3-12(14)13(15)10-11/h2-3,10,16H,4-9H2,1H3. The molecule has 1 aliphatic heterocycles. The average Bonchev–Trinajstić information content (AvgIpc) is 2.36. The fourth-order valence-electron chi connectivity index (χ4n) is 2.04. The van der Waals surface area contributed by atoms with Crippen molar-refractivity contribution in [2.45, 2.75) is 0 Å². The minimum Gasteiger partial charge on any atom is -0.384 e. The molecule has 0 aromatic heterocycles. The van der Waals surface area contributed by atoms with E-state index in [1.54, 1.807) is 6.07 Å². The second-order valence-electron chi connectivity index (χ2n) is 4.70. The summed E-state index contributed by atoms with van der Waals surface area (Å²) >= 11 is 3.15. The molecule has 0 atom stereocenters. The van der Waals surface area contributed by atoms with Crippen LogP contribution in [-0.2, 0) is 0 Å². The maximum Gasteiger partial charge on any atom is 0.139 e. The van der Waals surface area contributed by atoms with E-state index in [9.17, 15) is 4.39 Å². The molecule has 0 unspecified atom stereocenters. The van der Waals surface area contributed by atoms with Crippen LogP contribution in [0.3, 0.4) is 0 Å². The number of benzene rings is 1. The van der Waals surface area contributed by atoms with Gasteiger partial charge in [0.2, 0.25) is 0 Å². The van der Waals surface area contributed by atoms with E-state index in [1.165, 1.54) is 6.07 Å². The molecular formula is C13H19BrFN3.